The van der Waals surface area contributed by atoms with E-state index in [-0.39, 0.29) is 22.7 Å². The summed E-state index contributed by atoms with van der Waals surface area (Å²) in [7, 11) is 0. The number of benzene rings is 1. The van der Waals surface area contributed by atoms with Crippen LogP contribution in [0, 0.1) is 10.1 Å². The summed E-state index contributed by atoms with van der Waals surface area (Å²) in [6.07, 6.45) is 3.10. The lowest BCUT2D eigenvalue weighted by Gasteiger charge is -2.27. The maximum absolute atomic E-state index is 12.5. The van der Waals surface area contributed by atoms with E-state index in [1.807, 2.05) is 13.8 Å². The molecule has 0 heterocycles. The Labute approximate surface area is 130 Å². The molecule has 0 aliphatic heterocycles. The Morgan fingerprint density at radius 1 is 1.38 bits per heavy atom. The first-order valence-corrected chi connectivity index (χ1v) is 7.51. The molecule has 0 unspecified atom stereocenters. The van der Waals surface area contributed by atoms with Crippen molar-refractivity contribution in [3.8, 4) is 0 Å². The summed E-state index contributed by atoms with van der Waals surface area (Å²) in [6.45, 7) is 6.70. The summed E-state index contributed by atoms with van der Waals surface area (Å²) >= 11 is 5.87. The Hall–Kier alpha value is -1.62. The topological polar surface area (TPSA) is 63.5 Å². The Bertz CT molecular complexity index is 518. The normalized spacial score (nSPS) is 10.7. The van der Waals surface area contributed by atoms with Crippen molar-refractivity contribution >= 4 is 23.2 Å². The molecule has 0 aliphatic rings. The highest BCUT2D eigenvalue weighted by Gasteiger charge is 2.21. The number of nitro benzene ring substituents is 1. The zero-order chi connectivity index (χ0) is 16.0. The van der Waals surface area contributed by atoms with Crippen LogP contribution in [0.2, 0.25) is 5.02 Å². The lowest BCUT2D eigenvalue weighted by Crippen LogP contribution is -2.37. The average molecular weight is 313 g/mol. The van der Waals surface area contributed by atoms with Crippen LogP contribution >= 0.6 is 11.6 Å². The van der Waals surface area contributed by atoms with Gasteiger partial charge in [-0.3, -0.25) is 14.9 Å². The molecule has 21 heavy (non-hydrogen) atoms. The summed E-state index contributed by atoms with van der Waals surface area (Å²) in [5, 5.41) is 10.7. The van der Waals surface area contributed by atoms with Crippen molar-refractivity contribution < 1.29 is 9.72 Å². The number of nitrogens with zero attached hydrogens (tertiary/aromatic N) is 2. The summed E-state index contributed by atoms with van der Waals surface area (Å²) in [4.78, 5) is 24.5. The van der Waals surface area contributed by atoms with Crippen LogP contribution in [0.5, 0.6) is 0 Å². The Morgan fingerprint density at radius 2 is 2.05 bits per heavy atom. The molecule has 1 rings (SSSR count). The second-order valence-electron chi connectivity index (χ2n) is 5.22. The second kappa shape index (κ2) is 7.98. The lowest BCUT2D eigenvalue weighted by atomic mass is 10.1. The van der Waals surface area contributed by atoms with E-state index in [1.54, 1.807) is 4.90 Å². The van der Waals surface area contributed by atoms with Crippen LogP contribution in [-0.2, 0) is 0 Å². The molecule has 0 spiro atoms. The zero-order valence-corrected chi connectivity index (χ0v) is 13.4. The number of nitro groups is 1. The van der Waals surface area contributed by atoms with Gasteiger partial charge in [-0.1, -0.05) is 31.4 Å². The molecule has 1 aromatic carbocycles. The molecule has 1 aromatic rings. The molecular formula is C15H21ClN2O3. The van der Waals surface area contributed by atoms with Crippen molar-refractivity contribution in [2.75, 3.05) is 6.54 Å². The van der Waals surface area contributed by atoms with E-state index in [0.717, 1.165) is 19.3 Å². The number of halogens is 1. The van der Waals surface area contributed by atoms with Crippen molar-refractivity contribution in [2.24, 2.45) is 0 Å². The molecule has 0 N–H and O–H groups in total. The van der Waals surface area contributed by atoms with E-state index >= 15 is 0 Å². The molecule has 0 saturated carbocycles. The van der Waals surface area contributed by atoms with Crippen LogP contribution < -0.4 is 0 Å². The number of rotatable bonds is 7. The van der Waals surface area contributed by atoms with Gasteiger partial charge in [0.2, 0.25) is 0 Å². The number of unbranched alkanes of at least 4 members (excludes halogenated alkanes) is 2. The monoisotopic (exact) mass is 312 g/mol. The van der Waals surface area contributed by atoms with E-state index < -0.39 is 4.92 Å². The van der Waals surface area contributed by atoms with Gasteiger partial charge in [0, 0.05) is 24.2 Å². The van der Waals surface area contributed by atoms with E-state index in [0.29, 0.717) is 12.1 Å². The molecular weight excluding hydrogens is 292 g/mol. The second-order valence-corrected chi connectivity index (χ2v) is 5.63. The van der Waals surface area contributed by atoms with Crippen LogP contribution in [-0.4, -0.2) is 28.3 Å². The molecule has 0 radical (unpaired) electrons. The Morgan fingerprint density at radius 3 is 2.52 bits per heavy atom. The molecule has 1 amide bonds. The fraction of sp³-hybridized carbons (Fsp3) is 0.533. The molecule has 0 aromatic heterocycles. The van der Waals surface area contributed by atoms with Gasteiger partial charge in [0.1, 0.15) is 5.02 Å². The van der Waals surface area contributed by atoms with Gasteiger partial charge in [-0.25, -0.2) is 0 Å². The van der Waals surface area contributed by atoms with Crippen LogP contribution in [0.3, 0.4) is 0 Å². The van der Waals surface area contributed by atoms with Crippen molar-refractivity contribution in [1.82, 2.24) is 4.90 Å². The molecule has 6 heteroatoms. The quantitative estimate of drug-likeness (QED) is 0.428. The molecule has 0 saturated heterocycles. The largest absolute Gasteiger partial charge is 0.336 e. The van der Waals surface area contributed by atoms with Gasteiger partial charge in [-0.05, 0) is 32.4 Å². The van der Waals surface area contributed by atoms with Gasteiger partial charge >= 0.3 is 0 Å². The first kappa shape index (κ1) is 17.4. The number of hydrogen-bond donors (Lipinski definition) is 0. The number of amides is 1. The molecule has 0 aliphatic carbocycles. The van der Waals surface area contributed by atoms with Gasteiger partial charge in [-0.2, -0.15) is 0 Å². The van der Waals surface area contributed by atoms with Gasteiger partial charge in [0.05, 0.1) is 4.92 Å². The molecule has 0 fully saturated rings. The van der Waals surface area contributed by atoms with Crippen molar-refractivity contribution in [2.45, 2.75) is 46.1 Å². The van der Waals surface area contributed by atoms with Gasteiger partial charge in [0.25, 0.3) is 11.6 Å². The highest BCUT2D eigenvalue weighted by atomic mass is 35.5. The van der Waals surface area contributed by atoms with Gasteiger partial charge in [0.15, 0.2) is 0 Å². The van der Waals surface area contributed by atoms with Crippen LogP contribution in [0.15, 0.2) is 18.2 Å². The van der Waals surface area contributed by atoms with Gasteiger partial charge in [-0.15, -0.1) is 0 Å². The summed E-state index contributed by atoms with van der Waals surface area (Å²) < 4.78 is 0. The Balaban J connectivity index is 2.93. The Kier molecular flexibility index (Phi) is 6.62. The van der Waals surface area contributed by atoms with Crippen LogP contribution in [0.25, 0.3) is 0 Å². The van der Waals surface area contributed by atoms with Gasteiger partial charge < -0.3 is 4.90 Å². The maximum Gasteiger partial charge on any atom is 0.287 e. The predicted octanol–water partition coefficient (Wildman–Crippen LogP) is 4.29. The smallest absolute Gasteiger partial charge is 0.287 e. The molecule has 0 atom stereocenters. The van der Waals surface area contributed by atoms with E-state index in [9.17, 15) is 14.9 Å². The maximum atomic E-state index is 12.5. The number of carbonyl (C=O) groups is 1. The third-order valence-corrected chi connectivity index (χ3v) is 3.58. The number of carbonyl (C=O) groups excluding carboxylic acids is 1. The van der Waals surface area contributed by atoms with E-state index in [4.69, 9.17) is 11.6 Å². The molecule has 0 bridgehead atoms. The first-order chi connectivity index (χ1) is 9.88. The van der Waals surface area contributed by atoms with Crippen molar-refractivity contribution in [1.29, 1.82) is 0 Å². The molecule has 5 nitrogen and oxygen atoms in total. The van der Waals surface area contributed by atoms with Crippen molar-refractivity contribution in [3.63, 3.8) is 0 Å². The minimum absolute atomic E-state index is 0.0110. The first-order valence-electron chi connectivity index (χ1n) is 7.13. The molecule has 116 valence electrons. The standard InChI is InChI=1S/C15H21ClN2O3/c1-4-5-6-9-17(11(2)3)15(19)12-7-8-14(18(20)21)13(16)10-12/h7-8,10-11H,4-6,9H2,1-3H3. The van der Waals surface area contributed by atoms with Crippen LogP contribution in [0.1, 0.15) is 50.4 Å². The number of hydrogen-bond acceptors (Lipinski definition) is 3. The minimum atomic E-state index is -0.557. The fourth-order valence-electron chi connectivity index (χ4n) is 2.08. The van der Waals surface area contributed by atoms with E-state index in [1.165, 1.54) is 18.2 Å². The van der Waals surface area contributed by atoms with Crippen molar-refractivity contribution in [3.05, 3.63) is 38.9 Å². The SMILES string of the molecule is CCCCCN(C(=O)c1ccc([N+](=O)[O-])c(Cl)c1)C(C)C. The lowest BCUT2D eigenvalue weighted by molar-refractivity contribution is -0.384. The third kappa shape index (κ3) is 4.70. The average Bonchev–Trinajstić information content (AvgIpc) is 2.42. The zero-order valence-electron chi connectivity index (χ0n) is 12.6. The summed E-state index contributed by atoms with van der Waals surface area (Å²) in [6, 6.07) is 4.18. The summed E-state index contributed by atoms with van der Waals surface area (Å²) in [5.74, 6) is -0.141. The minimum Gasteiger partial charge on any atom is -0.336 e. The third-order valence-electron chi connectivity index (χ3n) is 3.28. The summed E-state index contributed by atoms with van der Waals surface area (Å²) in [5.41, 5.74) is 0.200. The highest BCUT2D eigenvalue weighted by molar-refractivity contribution is 6.33. The fourth-order valence-corrected chi connectivity index (χ4v) is 2.33. The van der Waals surface area contributed by atoms with Crippen LogP contribution in [0.4, 0.5) is 5.69 Å². The van der Waals surface area contributed by atoms with E-state index in [2.05, 4.69) is 6.92 Å². The highest BCUT2D eigenvalue weighted by Crippen LogP contribution is 2.26. The predicted molar refractivity (Wildman–Crippen MR) is 83.8 cm³/mol.